The zero-order valence-electron chi connectivity index (χ0n) is 12.4. The van der Waals surface area contributed by atoms with Crippen LogP contribution in [0.15, 0.2) is 47.4 Å². The Morgan fingerprint density at radius 3 is 2.27 bits per heavy atom. The Kier molecular flexibility index (Phi) is 3.88. The molecule has 0 spiro atoms. The molecule has 0 N–H and O–H groups in total. The summed E-state index contributed by atoms with van der Waals surface area (Å²) < 4.78 is 27.3. The number of sulfonamides is 1. The van der Waals surface area contributed by atoms with Gasteiger partial charge in [0, 0.05) is 38.5 Å². The Hall–Kier alpha value is -1.92. The maximum Gasteiger partial charge on any atom is 0.243 e. The number of benzene rings is 2. The number of carbonyl (C=O) groups excluding carboxylic acids is 1. The van der Waals surface area contributed by atoms with E-state index in [1.54, 1.807) is 17.0 Å². The van der Waals surface area contributed by atoms with E-state index in [-0.39, 0.29) is 5.91 Å². The summed E-state index contributed by atoms with van der Waals surface area (Å²) in [4.78, 5) is 13.4. The van der Waals surface area contributed by atoms with Crippen LogP contribution in [0.25, 0.3) is 10.8 Å². The molecule has 2 aromatic carbocycles. The second-order valence-electron chi connectivity index (χ2n) is 5.39. The summed E-state index contributed by atoms with van der Waals surface area (Å²) in [6.45, 7) is 3.07. The molecule has 1 aliphatic rings. The summed E-state index contributed by atoms with van der Waals surface area (Å²) in [6.07, 6.45) is 0. The van der Waals surface area contributed by atoms with Crippen molar-refractivity contribution in [3.05, 3.63) is 42.5 Å². The van der Waals surface area contributed by atoms with Crippen LogP contribution in [0, 0.1) is 0 Å². The van der Waals surface area contributed by atoms with Crippen LogP contribution in [0.1, 0.15) is 6.92 Å². The van der Waals surface area contributed by atoms with E-state index in [2.05, 4.69) is 0 Å². The van der Waals surface area contributed by atoms with Gasteiger partial charge in [-0.2, -0.15) is 4.31 Å². The molecule has 2 aromatic rings. The van der Waals surface area contributed by atoms with Crippen LogP contribution in [0.3, 0.4) is 0 Å². The molecule has 22 heavy (non-hydrogen) atoms. The number of fused-ring (bicyclic) bond motifs is 1. The van der Waals surface area contributed by atoms with Gasteiger partial charge in [-0.1, -0.05) is 36.4 Å². The van der Waals surface area contributed by atoms with E-state index < -0.39 is 10.0 Å². The lowest BCUT2D eigenvalue weighted by Gasteiger charge is -2.33. The monoisotopic (exact) mass is 318 g/mol. The van der Waals surface area contributed by atoms with Crippen LogP contribution in [0.5, 0.6) is 0 Å². The predicted octanol–water partition coefficient (Wildman–Crippen LogP) is 1.69. The number of rotatable bonds is 2. The van der Waals surface area contributed by atoms with Gasteiger partial charge >= 0.3 is 0 Å². The highest BCUT2D eigenvalue weighted by Gasteiger charge is 2.30. The summed E-state index contributed by atoms with van der Waals surface area (Å²) in [5.41, 5.74) is 0. The molecule has 3 rings (SSSR count). The number of nitrogens with zero attached hydrogens (tertiary/aromatic N) is 2. The number of hydrogen-bond donors (Lipinski definition) is 0. The van der Waals surface area contributed by atoms with Crippen molar-refractivity contribution in [1.29, 1.82) is 0 Å². The molecule has 1 aliphatic heterocycles. The van der Waals surface area contributed by atoms with Crippen molar-refractivity contribution in [2.45, 2.75) is 11.8 Å². The van der Waals surface area contributed by atoms with Crippen molar-refractivity contribution in [2.75, 3.05) is 26.2 Å². The van der Waals surface area contributed by atoms with Gasteiger partial charge in [-0.3, -0.25) is 4.79 Å². The Bertz CT molecular complexity index is 804. The first-order valence-corrected chi connectivity index (χ1v) is 8.67. The maximum atomic E-state index is 12.9. The number of piperazine rings is 1. The van der Waals surface area contributed by atoms with Crippen LogP contribution < -0.4 is 0 Å². The molecule has 0 unspecified atom stereocenters. The van der Waals surface area contributed by atoms with E-state index in [1.807, 2.05) is 30.3 Å². The highest BCUT2D eigenvalue weighted by molar-refractivity contribution is 7.89. The molecule has 5 nitrogen and oxygen atoms in total. The summed E-state index contributed by atoms with van der Waals surface area (Å²) in [5.74, 6) is -0.0118. The largest absolute Gasteiger partial charge is 0.340 e. The lowest BCUT2D eigenvalue weighted by Crippen LogP contribution is -2.49. The number of hydrogen-bond acceptors (Lipinski definition) is 3. The Labute approximate surface area is 130 Å². The Morgan fingerprint density at radius 2 is 1.59 bits per heavy atom. The van der Waals surface area contributed by atoms with Gasteiger partial charge in [-0.25, -0.2) is 8.42 Å². The molecule has 116 valence electrons. The van der Waals surface area contributed by atoms with Gasteiger partial charge < -0.3 is 4.90 Å². The minimum Gasteiger partial charge on any atom is -0.340 e. The van der Waals surface area contributed by atoms with Crippen molar-refractivity contribution < 1.29 is 13.2 Å². The zero-order valence-corrected chi connectivity index (χ0v) is 13.2. The molecule has 1 heterocycles. The molecule has 0 saturated carbocycles. The fraction of sp³-hybridized carbons (Fsp3) is 0.312. The molecule has 1 amide bonds. The van der Waals surface area contributed by atoms with Crippen LogP contribution in [0.2, 0.25) is 0 Å². The second kappa shape index (κ2) is 5.70. The van der Waals surface area contributed by atoms with Gasteiger partial charge in [0.05, 0.1) is 4.90 Å². The van der Waals surface area contributed by atoms with Crippen LogP contribution in [-0.2, 0) is 14.8 Å². The molecule has 0 bridgehead atoms. The SMILES string of the molecule is CC(=O)N1CCN(S(=O)(=O)c2cccc3ccccc23)CC1. The Balaban J connectivity index is 1.95. The fourth-order valence-corrected chi connectivity index (χ4v) is 4.44. The third kappa shape index (κ3) is 2.60. The number of carbonyl (C=O) groups is 1. The lowest BCUT2D eigenvalue weighted by atomic mass is 10.1. The van der Waals surface area contributed by atoms with E-state index >= 15 is 0 Å². The van der Waals surface area contributed by atoms with Gasteiger partial charge in [-0.05, 0) is 11.5 Å². The van der Waals surface area contributed by atoms with Crippen molar-refractivity contribution in [3.63, 3.8) is 0 Å². The van der Waals surface area contributed by atoms with Crippen LogP contribution in [0.4, 0.5) is 0 Å². The molecule has 1 fully saturated rings. The van der Waals surface area contributed by atoms with Crippen molar-refractivity contribution in [1.82, 2.24) is 9.21 Å². The van der Waals surface area contributed by atoms with Gasteiger partial charge in [0.1, 0.15) is 0 Å². The number of amides is 1. The first-order valence-electron chi connectivity index (χ1n) is 7.23. The molecule has 0 atom stereocenters. The predicted molar refractivity (Wildman–Crippen MR) is 85.0 cm³/mol. The van der Waals surface area contributed by atoms with E-state index in [0.29, 0.717) is 31.1 Å². The average Bonchev–Trinajstić information content (AvgIpc) is 2.54. The summed E-state index contributed by atoms with van der Waals surface area (Å²) >= 11 is 0. The van der Waals surface area contributed by atoms with Crippen molar-refractivity contribution >= 4 is 26.7 Å². The third-order valence-electron chi connectivity index (χ3n) is 4.05. The topological polar surface area (TPSA) is 57.7 Å². The van der Waals surface area contributed by atoms with Gasteiger partial charge in [-0.15, -0.1) is 0 Å². The van der Waals surface area contributed by atoms with Crippen molar-refractivity contribution in [3.8, 4) is 0 Å². The van der Waals surface area contributed by atoms with Crippen LogP contribution >= 0.6 is 0 Å². The first-order chi connectivity index (χ1) is 10.5. The quantitative estimate of drug-likeness (QED) is 0.847. The maximum absolute atomic E-state index is 12.9. The molecule has 0 aliphatic carbocycles. The van der Waals surface area contributed by atoms with Crippen molar-refractivity contribution in [2.24, 2.45) is 0 Å². The van der Waals surface area contributed by atoms with Gasteiger partial charge in [0.25, 0.3) is 0 Å². The summed E-state index contributed by atoms with van der Waals surface area (Å²) in [7, 11) is -3.54. The van der Waals surface area contributed by atoms with E-state index in [9.17, 15) is 13.2 Å². The zero-order chi connectivity index (χ0) is 15.7. The average molecular weight is 318 g/mol. The summed E-state index contributed by atoms with van der Waals surface area (Å²) in [6, 6.07) is 12.8. The Morgan fingerprint density at radius 1 is 0.955 bits per heavy atom. The lowest BCUT2D eigenvalue weighted by molar-refractivity contribution is -0.129. The highest BCUT2D eigenvalue weighted by atomic mass is 32.2. The summed E-state index contributed by atoms with van der Waals surface area (Å²) in [5, 5.41) is 1.64. The molecule has 0 aromatic heterocycles. The molecule has 1 saturated heterocycles. The smallest absolute Gasteiger partial charge is 0.243 e. The van der Waals surface area contributed by atoms with E-state index in [1.165, 1.54) is 11.2 Å². The standard InChI is InChI=1S/C16H18N2O3S/c1-13(19)17-9-11-18(12-10-17)22(20,21)16-8-4-6-14-5-2-3-7-15(14)16/h2-8H,9-12H2,1H3. The normalized spacial score (nSPS) is 16.9. The minimum atomic E-state index is -3.54. The molecular formula is C16H18N2O3S. The van der Waals surface area contributed by atoms with E-state index in [4.69, 9.17) is 0 Å². The highest BCUT2D eigenvalue weighted by Crippen LogP contribution is 2.26. The van der Waals surface area contributed by atoms with Gasteiger partial charge in [0.15, 0.2) is 0 Å². The van der Waals surface area contributed by atoms with Crippen LogP contribution in [-0.4, -0.2) is 49.7 Å². The van der Waals surface area contributed by atoms with Gasteiger partial charge in [0.2, 0.25) is 15.9 Å². The second-order valence-corrected chi connectivity index (χ2v) is 7.29. The molecular weight excluding hydrogens is 300 g/mol. The molecule has 6 heteroatoms. The minimum absolute atomic E-state index is 0.0118. The first kappa shape index (κ1) is 15.0. The van der Waals surface area contributed by atoms with E-state index in [0.717, 1.165) is 10.8 Å². The fourth-order valence-electron chi connectivity index (χ4n) is 2.80. The third-order valence-corrected chi connectivity index (χ3v) is 6.01. The molecule has 0 radical (unpaired) electrons.